The summed E-state index contributed by atoms with van der Waals surface area (Å²) in [6.07, 6.45) is 2.35. The van der Waals surface area contributed by atoms with Gasteiger partial charge >= 0.3 is 0 Å². The Morgan fingerprint density at radius 3 is 2.57 bits per heavy atom. The monoisotopic (exact) mass is 231 g/mol. The van der Waals surface area contributed by atoms with Crippen LogP contribution in [0.25, 0.3) is 0 Å². The Morgan fingerprint density at radius 1 is 1.50 bits per heavy atom. The van der Waals surface area contributed by atoms with Gasteiger partial charge in [-0.1, -0.05) is 23.7 Å². The fourth-order valence-electron chi connectivity index (χ4n) is 1.07. The predicted octanol–water partition coefficient (Wildman–Crippen LogP) is 1.72. The first-order valence-corrected chi connectivity index (χ1v) is 5.79. The van der Waals surface area contributed by atoms with E-state index in [-0.39, 0.29) is 9.92 Å². The molecule has 1 rings (SSSR count). The summed E-state index contributed by atoms with van der Waals surface area (Å²) in [5, 5.41) is 5.09. The Hall–Kier alpha value is -0.840. The first-order valence-electron chi connectivity index (χ1n) is 3.87. The number of halogens is 1. The quantitative estimate of drug-likeness (QED) is 0.806. The first kappa shape index (κ1) is 11.2. The molecule has 1 aromatic rings. The molecule has 0 atom stereocenters. The molecule has 0 saturated carbocycles. The fraction of sp³-hybridized carbons (Fsp3) is 0.111. The van der Waals surface area contributed by atoms with Gasteiger partial charge < -0.3 is 0 Å². The highest BCUT2D eigenvalue weighted by Gasteiger charge is 2.12. The molecule has 0 aromatic heterocycles. The van der Waals surface area contributed by atoms with Crippen LogP contribution in [0.3, 0.4) is 0 Å². The molecule has 0 aliphatic carbocycles. The highest BCUT2D eigenvalue weighted by atomic mass is 35.5. The van der Waals surface area contributed by atoms with Crippen molar-refractivity contribution in [2.75, 3.05) is 0 Å². The average molecular weight is 232 g/mol. The maximum Gasteiger partial charge on any atom is 0.239 e. The zero-order valence-corrected chi connectivity index (χ0v) is 8.98. The molecule has 5 heteroatoms. The van der Waals surface area contributed by atoms with Crippen LogP contribution in [0.1, 0.15) is 5.56 Å². The number of nitrogens with two attached hydrogens (primary N) is 1. The molecule has 3 nitrogen and oxygen atoms in total. The van der Waals surface area contributed by atoms with Gasteiger partial charge in [-0.25, -0.2) is 13.6 Å². The standard InChI is InChI=1S/C9H10ClNO2S/c1-2-3-7-4-5-9(8(10)6-7)14(11,12)13/h2,4-6H,1,3H2,(H2,11,12,13). The molecule has 1 aromatic carbocycles. The van der Waals surface area contributed by atoms with Gasteiger partial charge in [0, 0.05) is 0 Å². The molecule has 76 valence electrons. The van der Waals surface area contributed by atoms with Crippen LogP contribution in [0.4, 0.5) is 0 Å². The smallest absolute Gasteiger partial charge is 0.225 e. The van der Waals surface area contributed by atoms with E-state index in [0.29, 0.717) is 6.42 Å². The summed E-state index contributed by atoms with van der Waals surface area (Å²) < 4.78 is 22.0. The third-order valence-electron chi connectivity index (χ3n) is 1.68. The van der Waals surface area contributed by atoms with Gasteiger partial charge in [-0.3, -0.25) is 0 Å². The Labute approximate surface area is 88.2 Å². The summed E-state index contributed by atoms with van der Waals surface area (Å²) in [5.41, 5.74) is 0.900. The van der Waals surface area contributed by atoms with Gasteiger partial charge in [-0.15, -0.1) is 6.58 Å². The molecule has 0 aliphatic rings. The van der Waals surface area contributed by atoms with Crippen molar-refractivity contribution < 1.29 is 8.42 Å². The first-order chi connectivity index (χ1) is 6.45. The van der Waals surface area contributed by atoms with Crippen LogP contribution in [0.5, 0.6) is 0 Å². The van der Waals surface area contributed by atoms with Crippen molar-refractivity contribution in [3.8, 4) is 0 Å². The summed E-state index contributed by atoms with van der Waals surface area (Å²) in [6.45, 7) is 3.57. The zero-order chi connectivity index (χ0) is 10.8. The average Bonchev–Trinajstić information content (AvgIpc) is 2.02. The van der Waals surface area contributed by atoms with Gasteiger partial charge in [0.2, 0.25) is 10.0 Å². The highest BCUT2D eigenvalue weighted by Crippen LogP contribution is 2.21. The number of benzene rings is 1. The molecule has 0 unspecified atom stereocenters. The normalized spacial score (nSPS) is 11.3. The number of hydrogen-bond acceptors (Lipinski definition) is 2. The number of hydrogen-bond donors (Lipinski definition) is 1. The highest BCUT2D eigenvalue weighted by molar-refractivity contribution is 7.89. The van der Waals surface area contributed by atoms with Gasteiger partial charge in [-0.05, 0) is 24.1 Å². The minimum atomic E-state index is -3.72. The van der Waals surface area contributed by atoms with E-state index in [1.807, 2.05) is 0 Å². The Bertz CT molecular complexity index is 454. The molecule has 0 bridgehead atoms. The van der Waals surface area contributed by atoms with Crippen molar-refractivity contribution in [2.24, 2.45) is 5.14 Å². The van der Waals surface area contributed by atoms with E-state index >= 15 is 0 Å². The minimum absolute atomic E-state index is 0.0491. The predicted molar refractivity (Wildman–Crippen MR) is 56.7 cm³/mol. The van der Waals surface area contributed by atoms with Gasteiger partial charge in [-0.2, -0.15) is 0 Å². The number of rotatable bonds is 3. The lowest BCUT2D eigenvalue weighted by atomic mass is 10.1. The van der Waals surface area contributed by atoms with Crippen molar-refractivity contribution in [2.45, 2.75) is 11.3 Å². The van der Waals surface area contributed by atoms with E-state index in [2.05, 4.69) is 6.58 Å². The van der Waals surface area contributed by atoms with Gasteiger partial charge in [0.25, 0.3) is 0 Å². The topological polar surface area (TPSA) is 60.2 Å². The Balaban J connectivity index is 3.21. The Morgan fingerprint density at radius 2 is 2.14 bits per heavy atom. The molecule has 0 aliphatic heterocycles. The Kier molecular flexibility index (Phi) is 3.31. The van der Waals surface area contributed by atoms with Crippen LogP contribution in [0.15, 0.2) is 35.7 Å². The zero-order valence-electron chi connectivity index (χ0n) is 7.40. The maximum absolute atomic E-state index is 11.0. The van der Waals surface area contributed by atoms with E-state index in [4.69, 9.17) is 16.7 Å². The molecule has 0 heterocycles. The fourth-order valence-corrected chi connectivity index (χ4v) is 2.18. The van der Waals surface area contributed by atoms with Crippen molar-refractivity contribution in [1.82, 2.24) is 0 Å². The maximum atomic E-state index is 11.0. The summed E-state index contributed by atoms with van der Waals surface area (Å²) in [4.78, 5) is -0.0491. The van der Waals surface area contributed by atoms with Crippen LogP contribution in [-0.2, 0) is 16.4 Å². The largest absolute Gasteiger partial charge is 0.239 e. The molecule has 0 saturated heterocycles. The van der Waals surface area contributed by atoms with Crippen molar-refractivity contribution in [3.05, 3.63) is 41.4 Å². The van der Waals surface area contributed by atoms with Gasteiger partial charge in [0.15, 0.2) is 0 Å². The lowest BCUT2D eigenvalue weighted by molar-refractivity contribution is 0.598. The molecule has 2 N–H and O–H groups in total. The molecule has 0 spiro atoms. The van der Waals surface area contributed by atoms with Crippen molar-refractivity contribution >= 4 is 21.6 Å². The number of sulfonamides is 1. The second-order valence-electron chi connectivity index (χ2n) is 2.80. The molecule has 0 fully saturated rings. The summed E-state index contributed by atoms with van der Waals surface area (Å²) >= 11 is 5.76. The molecule has 0 amide bonds. The van der Waals surface area contributed by atoms with Crippen LogP contribution in [-0.4, -0.2) is 8.42 Å². The van der Waals surface area contributed by atoms with E-state index in [9.17, 15) is 8.42 Å². The number of allylic oxidation sites excluding steroid dienone is 1. The van der Waals surface area contributed by atoms with Crippen LogP contribution in [0.2, 0.25) is 5.02 Å². The SMILES string of the molecule is C=CCc1ccc(S(N)(=O)=O)c(Cl)c1. The van der Waals surface area contributed by atoms with Gasteiger partial charge in [0.1, 0.15) is 4.90 Å². The van der Waals surface area contributed by atoms with Crippen molar-refractivity contribution in [1.29, 1.82) is 0 Å². The van der Waals surface area contributed by atoms with Gasteiger partial charge in [0.05, 0.1) is 5.02 Å². The third-order valence-corrected chi connectivity index (χ3v) is 3.08. The summed E-state index contributed by atoms with van der Waals surface area (Å²) in [7, 11) is -3.72. The lowest BCUT2D eigenvalue weighted by Crippen LogP contribution is -2.12. The molecular formula is C9H10ClNO2S. The van der Waals surface area contributed by atoms with Crippen LogP contribution < -0.4 is 5.14 Å². The molecule has 0 radical (unpaired) electrons. The van der Waals surface area contributed by atoms with Crippen LogP contribution in [0, 0.1) is 0 Å². The second kappa shape index (κ2) is 4.13. The minimum Gasteiger partial charge on any atom is -0.225 e. The third kappa shape index (κ3) is 2.57. The van der Waals surface area contributed by atoms with E-state index in [0.717, 1.165) is 5.56 Å². The summed E-state index contributed by atoms with van der Waals surface area (Å²) in [6, 6.07) is 4.63. The van der Waals surface area contributed by atoms with Crippen LogP contribution >= 0.6 is 11.6 Å². The van der Waals surface area contributed by atoms with E-state index in [1.54, 1.807) is 18.2 Å². The number of primary sulfonamides is 1. The summed E-state index contributed by atoms with van der Waals surface area (Å²) in [5.74, 6) is 0. The second-order valence-corrected chi connectivity index (χ2v) is 4.74. The van der Waals surface area contributed by atoms with Crippen molar-refractivity contribution in [3.63, 3.8) is 0 Å². The molecule has 14 heavy (non-hydrogen) atoms. The molecular weight excluding hydrogens is 222 g/mol. The van der Waals surface area contributed by atoms with E-state index in [1.165, 1.54) is 6.07 Å². The van der Waals surface area contributed by atoms with E-state index < -0.39 is 10.0 Å². The lowest BCUT2D eigenvalue weighted by Gasteiger charge is -2.03.